The summed E-state index contributed by atoms with van der Waals surface area (Å²) >= 11 is 0. The van der Waals surface area contributed by atoms with Gasteiger partial charge in [0.05, 0.1) is 13.2 Å². The van der Waals surface area contributed by atoms with Gasteiger partial charge in [-0.05, 0) is 79.7 Å². The van der Waals surface area contributed by atoms with Crippen molar-refractivity contribution in [3.8, 4) is 16.9 Å². The zero-order chi connectivity index (χ0) is 26.7. The highest BCUT2D eigenvalue weighted by atomic mass is 16.5. The average Bonchev–Trinajstić information content (AvgIpc) is 3.48. The Morgan fingerprint density at radius 1 is 0.868 bits per heavy atom. The predicted octanol–water partition coefficient (Wildman–Crippen LogP) is 5.42. The molecule has 2 atom stereocenters. The number of benzene rings is 3. The molecule has 1 fully saturated rings. The highest BCUT2D eigenvalue weighted by Crippen LogP contribution is 2.24. The van der Waals surface area contributed by atoms with E-state index in [1.165, 1.54) is 0 Å². The Labute approximate surface area is 225 Å². The third-order valence-electron chi connectivity index (χ3n) is 7.21. The number of aliphatic hydroxyl groups is 1. The van der Waals surface area contributed by atoms with Crippen LogP contribution in [0.5, 0.6) is 5.75 Å². The van der Waals surface area contributed by atoms with Crippen molar-refractivity contribution < 1.29 is 19.4 Å². The second-order valence-electron chi connectivity index (χ2n) is 9.97. The third-order valence-corrected chi connectivity index (χ3v) is 7.21. The van der Waals surface area contributed by atoms with Crippen LogP contribution in [0.3, 0.4) is 0 Å². The summed E-state index contributed by atoms with van der Waals surface area (Å²) in [5.41, 5.74) is 3.66. The van der Waals surface area contributed by atoms with Crippen LogP contribution >= 0.6 is 0 Å². The second kappa shape index (κ2) is 13.9. The van der Waals surface area contributed by atoms with Gasteiger partial charge in [0, 0.05) is 24.9 Å². The minimum Gasteiger partial charge on any atom is -0.497 e. The van der Waals surface area contributed by atoms with Crippen LogP contribution in [0.2, 0.25) is 0 Å². The summed E-state index contributed by atoms with van der Waals surface area (Å²) in [7, 11) is 1.60. The molecule has 0 aromatic heterocycles. The Hall–Kier alpha value is -3.48. The van der Waals surface area contributed by atoms with Crippen molar-refractivity contribution in [2.75, 3.05) is 26.7 Å². The van der Waals surface area contributed by atoms with Crippen LogP contribution in [0.4, 0.5) is 0 Å². The van der Waals surface area contributed by atoms with Gasteiger partial charge >= 0.3 is 0 Å². The number of rotatable bonds is 13. The monoisotopic (exact) mass is 514 g/mol. The molecule has 2 N–H and O–H groups in total. The maximum Gasteiger partial charge on any atom is 0.220 e. The lowest BCUT2D eigenvalue weighted by Gasteiger charge is -2.29. The minimum absolute atomic E-state index is 0.0642. The smallest absolute Gasteiger partial charge is 0.220 e. The van der Waals surface area contributed by atoms with Crippen molar-refractivity contribution in [3.05, 3.63) is 90.0 Å². The van der Waals surface area contributed by atoms with Crippen molar-refractivity contribution in [1.29, 1.82) is 0 Å². The summed E-state index contributed by atoms with van der Waals surface area (Å²) in [6.07, 6.45) is 3.46. The number of carbonyl (C=O) groups is 2. The van der Waals surface area contributed by atoms with E-state index in [0.717, 1.165) is 48.4 Å². The van der Waals surface area contributed by atoms with E-state index in [1.54, 1.807) is 31.4 Å². The number of ketones is 1. The molecule has 6 heteroatoms. The molecule has 4 rings (SSSR count). The maximum absolute atomic E-state index is 12.8. The van der Waals surface area contributed by atoms with Gasteiger partial charge in [0.1, 0.15) is 11.9 Å². The first-order chi connectivity index (χ1) is 18.5. The molecule has 6 nitrogen and oxygen atoms in total. The number of nitrogens with one attached hydrogen (secondary N) is 1. The van der Waals surface area contributed by atoms with Crippen LogP contribution in [0.25, 0.3) is 11.1 Å². The minimum atomic E-state index is -0.805. The first kappa shape index (κ1) is 27.6. The highest BCUT2D eigenvalue weighted by Gasteiger charge is 2.26. The first-order valence-corrected chi connectivity index (χ1v) is 13.6. The summed E-state index contributed by atoms with van der Waals surface area (Å²) in [5.74, 6) is 0.691. The van der Waals surface area contributed by atoms with Gasteiger partial charge in [-0.3, -0.25) is 9.59 Å². The quantitative estimate of drug-likeness (QED) is 0.235. The summed E-state index contributed by atoms with van der Waals surface area (Å²) in [4.78, 5) is 27.6. The zero-order valence-electron chi connectivity index (χ0n) is 22.1. The molecule has 0 bridgehead atoms. The van der Waals surface area contributed by atoms with E-state index in [4.69, 9.17) is 4.74 Å². The maximum atomic E-state index is 12.8. The van der Waals surface area contributed by atoms with Gasteiger partial charge < -0.3 is 20.1 Å². The van der Waals surface area contributed by atoms with Crippen LogP contribution in [-0.4, -0.2) is 54.5 Å². The van der Waals surface area contributed by atoms with Crippen molar-refractivity contribution in [2.45, 2.75) is 50.7 Å². The van der Waals surface area contributed by atoms with Crippen LogP contribution in [0.1, 0.15) is 60.6 Å². The Balaban J connectivity index is 1.30. The average molecular weight is 515 g/mol. The highest BCUT2D eigenvalue weighted by molar-refractivity contribution is 5.96. The molecule has 1 heterocycles. The lowest BCUT2D eigenvalue weighted by atomic mass is 9.98. The SMILES string of the molecule is COc1ccc(C(=O)CCCCC(=O)N[C@H](CN2CCCC2)[C@H](O)c2ccc(-c3ccccc3)cc2)cc1. The van der Waals surface area contributed by atoms with Gasteiger partial charge in [0.15, 0.2) is 5.78 Å². The van der Waals surface area contributed by atoms with Crippen molar-refractivity contribution in [1.82, 2.24) is 10.2 Å². The van der Waals surface area contributed by atoms with Crippen LogP contribution < -0.4 is 10.1 Å². The molecule has 1 amide bonds. The summed E-state index contributed by atoms with van der Waals surface area (Å²) in [5, 5.41) is 14.4. The number of hydrogen-bond acceptors (Lipinski definition) is 5. The van der Waals surface area contributed by atoms with Crippen molar-refractivity contribution >= 4 is 11.7 Å². The molecule has 1 saturated heterocycles. The molecular weight excluding hydrogens is 476 g/mol. The van der Waals surface area contributed by atoms with Gasteiger partial charge in [-0.2, -0.15) is 0 Å². The van der Waals surface area contributed by atoms with E-state index in [2.05, 4.69) is 22.3 Å². The molecule has 3 aromatic carbocycles. The standard InChI is InChI=1S/C32H38N2O4/c1-38-28-19-17-26(18-20-28)30(35)11-5-6-12-31(36)33-29(23-34-21-7-8-22-34)32(37)27-15-13-25(14-16-27)24-9-3-2-4-10-24/h2-4,9-10,13-20,29,32,37H,5-8,11-12,21-23H2,1H3,(H,33,36)/t29-,32-/m1/s1. The van der Waals surface area contributed by atoms with E-state index in [0.29, 0.717) is 37.8 Å². The van der Waals surface area contributed by atoms with Crippen LogP contribution in [0, 0.1) is 0 Å². The normalized spacial score (nSPS) is 15.1. The molecule has 1 aliphatic heterocycles. The largest absolute Gasteiger partial charge is 0.497 e. The predicted molar refractivity (Wildman–Crippen MR) is 150 cm³/mol. The van der Waals surface area contributed by atoms with E-state index >= 15 is 0 Å². The molecule has 0 spiro atoms. The number of nitrogens with zero attached hydrogens (tertiary/aromatic N) is 1. The third kappa shape index (κ3) is 7.76. The Morgan fingerprint density at radius 3 is 2.16 bits per heavy atom. The number of methoxy groups -OCH3 is 1. The van der Waals surface area contributed by atoms with E-state index in [9.17, 15) is 14.7 Å². The van der Waals surface area contributed by atoms with Gasteiger partial charge in [0.2, 0.25) is 5.91 Å². The number of Topliss-reactive ketones (excluding diaryl/α,β-unsaturated/α-hetero) is 1. The molecule has 0 saturated carbocycles. The molecule has 200 valence electrons. The second-order valence-corrected chi connectivity index (χ2v) is 9.97. The fraction of sp³-hybridized carbons (Fsp3) is 0.375. The van der Waals surface area contributed by atoms with Gasteiger partial charge in [-0.25, -0.2) is 0 Å². The summed E-state index contributed by atoms with van der Waals surface area (Å²) < 4.78 is 5.14. The number of hydrogen-bond donors (Lipinski definition) is 2. The molecule has 0 aliphatic carbocycles. The first-order valence-electron chi connectivity index (χ1n) is 13.6. The number of likely N-dealkylation sites (tertiary alicyclic amines) is 1. The number of carbonyl (C=O) groups excluding carboxylic acids is 2. The van der Waals surface area contributed by atoms with E-state index in [1.807, 2.05) is 42.5 Å². The van der Waals surface area contributed by atoms with Crippen molar-refractivity contribution in [3.63, 3.8) is 0 Å². The Bertz CT molecular complexity index is 1160. The lowest BCUT2D eigenvalue weighted by Crippen LogP contribution is -2.46. The number of ether oxygens (including phenoxy) is 1. The van der Waals surface area contributed by atoms with E-state index < -0.39 is 12.1 Å². The van der Waals surface area contributed by atoms with Crippen molar-refractivity contribution in [2.24, 2.45) is 0 Å². The Kier molecular flexibility index (Phi) is 10.1. The van der Waals surface area contributed by atoms with Crippen LogP contribution in [0.15, 0.2) is 78.9 Å². The fourth-order valence-electron chi connectivity index (χ4n) is 4.97. The topological polar surface area (TPSA) is 78.9 Å². The fourth-order valence-corrected chi connectivity index (χ4v) is 4.97. The Morgan fingerprint density at radius 2 is 1.50 bits per heavy atom. The van der Waals surface area contributed by atoms with Crippen LogP contribution in [-0.2, 0) is 4.79 Å². The number of aliphatic hydroxyl groups excluding tert-OH is 1. The lowest BCUT2D eigenvalue weighted by molar-refractivity contribution is -0.123. The molecule has 3 aromatic rings. The summed E-state index contributed by atoms with van der Waals surface area (Å²) in [6, 6.07) is 24.8. The zero-order valence-corrected chi connectivity index (χ0v) is 22.1. The van der Waals surface area contributed by atoms with Gasteiger partial charge in [-0.1, -0.05) is 54.6 Å². The van der Waals surface area contributed by atoms with Gasteiger partial charge in [-0.15, -0.1) is 0 Å². The summed E-state index contributed by atoms with van der Waals surface area (Å²) in [6.45, 7) is 2.59. The molecule has 1 aliphatic rings. The number of amides is 1. The molecule has 38 heavy (non-hydrogen) atoms. The molecule has 0 radical (unpaired) electrons. The molecular formula is C32H38N2O4. The number of unbranched alkanes of at least 4 members (excludes halogenated alkanes) is 1. The van der Waals surface area contributed by atoms with E-state index in [-0.39, 0.29) is 11.7 Å². The van der Waals surface area contributed by atoms with Gasteiger partial charge in [0.25, 0.3) is 0 Å². The molecule has 0 unspecified atom stereocenters.